The van der Waals surface area contributed by atoms with Gasteiger partial charge in [-0.15, -0.1) is 0 Å². The van der Waals surface area contributed by atoms with Gasteiger partial charge in [0.05, 0.1) is 19.0 Å². The van der Waals surface area contributed by atoms with Crippen LogP contribution in [0.1, 0.15) is 12.1 Å². The van der Waals surface area contributed by atoms with E-state index in [-0.39, 0.29) is 5.97 Å². The number of ether oxygens (including phenoxy) is 1. The molecule has 0 spiro atoms. The van der Waals surface area contributed by atoms with Gasteiger partial charge in [-0.2, -0.15) is 0 Å². The van der Waals surface area contributed by atoms with E-state index in [0.29, 0.717) is 12.8 Å². The number of hydrogen-bond donors (Lipinski definition) is 0. The summed E-state index contributed by atoms with van der Waals surface area (Å²) in [5, 5.41) is 1.18. The number of carbonyl (C=O) groups excluding carboxylic acids is 1. The summed E-state index contributed by atoms with van der Waals surface area (Å²) < 4.78 is 7.84. The van der Waals surface area contributed by atoms with Gasteiger partial charge in [0.25, 0.3) is 0 Å². The monoisotopic (exact) mass is 295 g/mol. The Bertz CT molecular complexity index is 560. The first kappa shape index (κ1) is 12.2. The van der Waals surface area contributed by atoms with Gasteiger partial charge in [-0.25, -0.2) is 0 Å². The Morgan fingerprint density at radius 3 is 2.88 bits per heavy atom. The molecular weight excluding hydrogens is 282 g/mol. The van der Waals surface area contributed by atoms with Crippen LogP contribution in [0.4, 0.5) is 0 Å². The normalized spacial score (nSPS) is 10.8. The summed E-state index contributed by atoms with van der Waals surface area (Å²) in [6.45, 7) is 0. The first-order chi connectivity index (χ1) is 8.13. The number of nitrogens with zero attached hydrogens (tertiary/aromatic N) is 1. The van der Waals surface area contributed by atoms with Crippen LogP contribution in [-0.2, 0) is 23.0 Å². The number of para-hydroxylation sites is 1. The van der Waals surface area contributed by atoms with Gasteiger partial charge in [-0.05, 0) is 34.5 Å². The second-order valence-electron chi connectivity index (χ2n) is 3.95. The summed E-state index contributed by atoms with van der Waals surface area (Å²) in [5.74, 6) is -0.172. The molecule has 0 amide bonds. The Hall–Kier alpha value is -1.29. The van der Waals surface area contributed by atoms with Crippen molar-refractivity contribution >= 4 is 32.8 Å². The van der Waals surface area contributed by atoms with Crippen LogP contribution < -0.4 is 0 Å². The lowest BCUT2D eigenvalue weighted by molar-refractivity contribution is -0.140. The van der Waals surface area contributed by atoms with Gasteiger partial charge >= 0.3 is 5.97 Å². The van der Waals surface area contributed by atoms with Crippen molar-refractivity contribution in [3.05, 3.63) is 34.4 Å². The van der Waals surface area contributed by atoms with Crippen molar-refractivity contribution < 1.29 is 9.53 Å². The zero-order valence-corrected chi connectivity index (χ0v) is 11.5. The fourth-order valence-corrected chi connectivity index (χ4v) is 2.64. The van der Waals surface area contributed by atoms with Crippen LogP contribution in [0.2, 0.25) is 0 Å². The fraction of sp³-hybridized carbons (Fsp3) is 0.308. The molecule has 3 nitrogen and oxygen atoms in total. The van der Waals surface area contributed by atoms with Gasteiger partial charge in [0.15, 0.2) is 0 Å². The van der Waals surface area contributed by atoms with Crippen molar-refractivity contribution in [3.8, 4) is 0 Å². The lowest BCUT2D eigenvalue weighted by atomic mass is 10.2. The first-order valence-corrected chi connectivity index (χ1v) is 6.22. The number of esters is 1. The van der Waals surface area contributed by atoms with Crippen LogP contribution in [0.5, 0.6) is 0 Å². The molecule has 0 aliphatic carbocycles. The zero-order valence-electron chi connectivity index (χ0n) is 9.87. The Morgan fingerprint density at radius 1 is 1.47 bits per heavy atom. The number of methoxy groups -OCH3 is 1. The van der Waals surface area contributed by atoms with Gasteiger partial charge in [0, 0.05) is 22.6 Å². The summed E-state index contributed by atoms with van der Waals surface area (Å²) >= 11 is 3.54. The number of fused-ring (bicyclic) bond motifs is 1. The average molecular weight is 296 g/mol. The highest BCUT2D eigenvalue weighted by Crippen LogP contribution is 2.26. The van der Waals surface area contributed by atoms with E-state index in [4.69, 9.17) is 0 Å². The van der Waals surface area contributed by atoms with E-state index >= 15 is 0 Å². The van der Waals surface area contributed by atoms with Gasteiger partial charge in [-0.3, -0.25) is 4.79 Å². The van der Waals surface area contributed by atoms with E-state index in [1.54, 1.807) is 0 Å². The second kappa shape index (κ2) is 4.92. The fourth-order valence-electron chi connectivity index (χ4n) is 1.99. The number of aryl methyl sites for hydroxylation is 2. The second-order valence-corrected chi connectivity index (χ2v) is 4.80. The number of carbonyl (C=O) groups is 1. The maximum Gasteiger partial charge on any atom is 0.305 e. The minimum Gasteiger partial charge on any atom is -0.469 e. The minimum absolute atomic E-state index is 0.172. The smallest absolute Gasteiger partial charge is 0.305 e. The van der Waals surface area contributed by atoms with E-state index in [9.17, 15) is 4.79 Å². The standard InChI is InChI=1S/C13H14BrNO2/c1-15-10(6-7-12(16)17-2)8-9-4-3-5-11(14)13(9)15/h3-5,8H,6-7H2,1-2H3. The van der Waals surface area contributed by atoms with Crippen molar-refractivity contribution in [2.45, 2.75) is 12.8 Å². The predicted molar refractivity (Wildman–Crippen MR) is 71.0 cm³/mol. The van der Waals surface area contributed by atoms with Crippen molar-refractivity contribution in [2.75, 3.05) is 7.11 Å². The molecule has 1 heterocycles. The SMILES string of the molecule is COC(=O)CCc1cc2cccc(Br)c2n1C. The van der Waals surface area contributed by atoms with E-state index in [2.05, 4.69) is 37.4 Å². The lowest BCUT2D eigenvalue weighted by Gasteiger charge is -2.04. The van der Waals surface area contributed by atoms with E-state index in [1.165, 1.54) is 12.5 Å². The molecule has 0 unspecified atom stereocenters. The molecule has 2 aromatic rings. The molecule has 90 valence electrons. The third kappa shape index (κ3) is 2.36. The highest BCUT2D eigenvalue weighted by Gasteiger charge is 2.09. The molecular formula is C13H14BrNO2. The van der Waals surface area contributed by atoms with E-state index in [0.717, 1.165) is 15.7 Å². The van der Waals surface area contributed by atoms with Gasteiger partial charge in [-0.1, -0.05) is 12.1 Å². The van der Waals surface area contributed by atoms with Crippen LogP contribution >= 0.6 is 15.9 Å². The Kier molecular flexibility index (Phi) is 3.52. The molecule has 1 aromatic carbocycles. The predicted octanol–water partition coefficient (Wildman–Crippen LogP) is 3.05. The first-order valence-electron chi connectivity index (χ1n) is 5.43. The summed E-state index contributed by atoms with van der Waals surface area (Å²) in [5.41, 5.74) is 2.30. The summed E-state index contributed by atoms with van der Waals surface area (Å²) in [7, 11) is 3.43. The summed E-state index contributed by atoms with van der Waals surface area (Å²) in [4.78, 5) is 11.1. The van der Waals surface area contributed by atoms with Crippen LogP contribution in [0.3, 0.4) is 0 Å². The lowest BCUT2D eigenvalue weighted by Crippen LogP contribution is -2.04. The quantitative estimate of drug-likeness (QED) is 0.815. The van der Waals surface area contributed by atoms with Crippen molar-refractivity contribution in [1.29, 1.82) is 0 Å². The van der Waals surface area contributed by atoms with Crippen LogP contribution in [0, 0.1) is 0 Å². The third-order valence-corrected chi connectivity index (χ3v) is 3.56. The largest absolute Gasteiger partial charge is 0.469 e. The summed E-state index contributed by atoms with van der Waals surface area (Å²) in [6.07, 6.45) is 1.11. The molecule has 0 saturated carbocycles. The van der Waals surface area contributed by atoms with Gasteiger partial charge < -0.3 is 9.30 Å². The number of hydrogen-bond acceptors (Lipinski definition) is 2. The Labute approximate surface area is 108 Å². The Morgan fingerprint density at radius 2 is 2.24 bits per heavy atom. The molecule has 0 aliphatic heterocycles. The van der Waals surface area contributed by atoms with Gasteiger partial charge in [0.2, 0.25) is 0 Å². The van der Waals surface area contributed by atoms with E-state index in [1.807, 2.05) is 19.2 Å². The van der Waals surface area contributed by atoms with Crippen LogP contribution in [-0.4, -0.2) is 17.6 Å². The highest BCUT2D eigenvalue weighted by molar-refractivity contribution is 9.10. The van der Waals surface area contributed by atoms with Crippen molar-refractivity contribution in [3.63, 3.8) is 0 Å². The van der Waals surface area contributed by atoms with Crippen molar-refractivity contribution in [1.82, 2.24) is 4.57 Å². The Balaban J connectivity index is 2.33. The zero-order chi connectivity index (χ0) is 12.4. The van der Waals surface area contributed by atoms with Crippen LogP contribution in [0.25, 0.3) is 10.9 Å². The number of rotatable bonds is 3. The van der Waals surface area contributed by atoms with E-state index < -0.39 is 0 Å². The molecule has 0 saturated heterocycles. The number of aromatic nitrogens is 1. The minimum atomic E-state index is -0.172. The topological polar surface area (TPSA) is 31.2 Å². The molecule has 0 radical (unpaired) electrons. The van der Waals surface area contributed by atoms with Crippen LogP contribution in [0.15, 0.2) is 28.7 Å². The summed E-state index contributed by atoms with van der Waals surface area (Å²) in [6, 6.07) is 8.22. The molecule has 2 rings (SSSR count). The maximum atomic E-state index is 11.1. The highest BCUT2D eigenvalue weighted by atomic mass is 79.9. The molecule has 0 fully saturated rings. The molecule has 0 atom stereocenters. The molecule has 0 aliphatic rings. The molecule has 0 bridgehead atoms. The number of halogens is 1. The van der Waals surface area contributed by atoms with Gasteiger partial charge in [0.1, 0.15) is 0 Å². The maximum absolute atomic E-state index is 11.1. The third-order valence-electron chi connectivity index (χ3n) is 2.92. The molecule has 0 N–H and O–H groups in total. The number of benzene rings is 1. The average Bonchev–Trinajstić information content (AvgIpc) is 2.64. The molecule has 4 heteroatoms. The van der Waals surface area contributed by atoms with Crippen molar-refractivity contribution in [2.24, 2.45) is 7.05 Å². The molecule has 1 aromatic heterocycles. The molecule has 17 heavy (non-hydrogen) atoms.